The molecule has 0 aromatic carbocycles. The lowest BCUT2D eigenvalue weighted by molar-refractivity contribution is 0.388. The van der Waals surface area contributed by atoms with Crippen molar-refractivity contribution in [3.63, 3.8) is 0 Å². The molecule has 0 unspecified atom stereocenters. The Morgan fingerprint density at radius 2 is 0.955 bits per heavy atom. The van der Waals surface area contributed by atoms with Crippen LogP contribution in [0.3, 0.4) is 0 Å². The van der Waals surface area contributed by atoms with Crippen LogP contribution in [0.1, 0.15) is 77.0 Å². The van der Waals surface area contributed by atoms with E-state index in [0.717, 1.165) is 0 Å². The van der Waals surface area contributed by atoms with Crippen LogP contribution in [-0.2, 0) is 0 Å². The lowest BCUT2D eigenvalue weighted by Crippen LogP contribution is -2.32. The first kappa shape index (κ1) is 19.7. The van der Waals surface area contributed by atoms with E-state index in [4.69, 9.17) is 0 Å². The normalized spacial score (nSPS) is 24.3. The van der Waals surface area contributed by atoms with E-state index < -0.39 is 0 Å². The van der Waals surface area contributed by atoms with Gasteiger partial charge in [-0.05, 0) is 62.5 Å². The number of thioether (sulfide) groups is 2. The van der Waals surface area contributed by atoms with Gasteiger partial charge in [-0.25, -0.2) is 0 Å². The van der Waals surface area contributed by atoms with Crippen molar-refractivity contribution >= 4 is 45.1 Å². The molecule has 0 N–H and O–H groups in total. The maximum Gasteiger partial charge on any atom is 0.0271 e. The van der Waals surface area contributed by atoms with E-state index in [2.05, 4.69) is 34.1 Å². The van der Waals surface area contributed by atoms with Gasteiger partial charge in [0.05, 0.1) is 0 Å². The van der Waals surface area contributed by atoms with Gasteiger partial charge < -0.3 is 0 Å². The predicted octanol–water partition coefficient (Wildman–Crippen LogP) is 7.28. The number of hydrogen-bond donors (Lipinski definition) is 0. The Hall–Kier alpha value is 1.40. The second kappa shape index (κ2) is 10.4. The van der Waals surface area contributed by atoms with Crippen molar-refractivity contribution in [1.82, 2.24) is 0 Å². The van der Waals surface area contributed by atoms with Crippen LogP contribution >= 0.6 is 45.1 Å². The Morgan fingerprint density at radius 1 is 0.591 bits per heavy atom. The van der Waals surface area contributed by atoms with Crippen LogP contribution in [0.4, 0.5) is 0 Å². The highest BCUT2D eigenvalue weighted by molar-refractivity contribution is 8.77. The maximum atomic E-state index is 2.33. The summed E-state index contributed by atoms with van der Waals surface area (Å²) >= 11 is 4.08. The van der Waals surface area contributed by atoms with Crippen LogP contribution in [0.5, 0.6) is 0 Å². The van der Waals surface area contributed by atoms with Crippen molar-refractivity contribution in [2.24, 2.45) is 0 Å². The van der Waals surface area contributed by atoms with Crippen molar-refractivity contribution in [3.8, 4) is 0 Å². The van der Waals surface area contributed by atoms with Gasteiger partial charge in [-0.2, -0.15) is 23.5 Å². The van der Waals surface area contributed by atoms with E-state index in [9.17, 15) is 0 Å². The summed E-state index contributed by atoms with van der Waals surface area (Å²) in [5.41, 5.74) is 0. The molecule has 0 nitrogen and oxygen atoms in total. The molecule has 4 heteroatoms. The molecule has 0 spiro atoms. The molecule has 0 aromatic heterocycles. The molecule has 2 aliphatic carbocycles. The Kier molecular flexibility index (Phi) is 9.33. The summed E-state index contributed by atoms with van der Waals surface area (Å²) in [6, 6.07) is 0. The third-order valence-corrected chi connectivity index (χ3v) is 11.1. The highest BCUT2D eigenvalue weighted by Crippen LogP contribution is 2.56. The van der Waals surface area contributed by atoms with Crippen molar-refractivity contribution < 1.29 is 0 Å². The lowest BCUT2D eigenvalue weighted by atomic mass is 9.86. The molecule has 0 saturated heterocycles. The molecule has 22 heavy (non-hydrogen) atoms. The molecule has 0 heterocycles. The van der Waals surface area contributed by atoms with Crippen LogP contribution in [-0.4, -0.2) is 33.5 Å². The van der Waals surface area contributed by atoms with E-state index >= 15 is 0 Å². The summed E-state index contributed by atoms with van der Waals surface area (Å²) in [6.07, 6.45) is 22.2. The van der Waals surface area contributed by atoms with Crippen molar-refractivity contribution in [2.45, 2.75) is 86.5 Å². The largest absolute Gasteiger partial charge is 0.165 e. The summed E-state index contributed by atoms with van der Waals surface area (Å²) in [5, 5.41) is 0. The zero-order valence-electron chi connectivity index (χ0n) is 14.5. The smallest absolute Gasteiger partial charge is 0.0271 e. The van der Waals surface area contributed by atoms with Crippen molar-refractivity contribution in [1.29, 1.82) is 0 Å². The second-order valence-electron chi connectivity index (χ2n) is 7.14. The average molecular weight is 379 g/mol. The Labute approximate surface area is 155 Å². The minimum absolute atomic E-state index is 0.607. The van der Waals surface area contributed by atoms with Crippen LogP contribution in [0, 0.1) is 0 Å². The summed E-state index contributed by atoms with van der Waals surface area (Å²) in [7, 11) is 4.67. The SMILES string of the molecule is CSCCC1(SSC2(CCSC)CCCCC2)CCCCC1. The molecule has 0 aromatic rings. The number of rotatable bonds is 9. The molecule has 0 amide bonds. The molecule has 130 valence electrons. The van der Waals surface area contributed by atoms with Gasteiger partial charge in [-0.3, -0.25) is 0 Å². The zero-order chi connectivity index (χ0) is 15.7. The van der Waals surface area contributed by atoms with Crippen molar-refractivity contribution in [3.05, 3.63) is 0 Å². The summed E-state index contributed by atoms with van der Waals surface area (Å²) in [4.78, 5) is 0. The predicted molar refractivity (Wildman–Crippen MR) is 113 cm³/mol. The van der Waals surface area contributed by atoms with Gasteiger partial charge in [0.1, 0.15) is 0 Å². The zero-order valence-corrected chi connectivity index (χ0v) is 17.8. The molecular weight excluding hydrogens is 344 g/mol. The van der Waals surface area contributed by atoms with E-state index in [1.54, 1.807) is 0 Å². The first-order valence-corrected chi connectivity index (χ1v) is 14.0. The summed E-state index contributed by atoms with van der Waals surface area (Å²) < 4.78 is 1.21. The van der Waals surface area contributed by atoms with Crippen molar-refractivity contribution in [2.75, 3.05) is 24.0 Å². The van der Waals surface area contributed by atoms with Crippen LogP contribution < -0.4 is 0 Å². The molecule has 0 bridgehead atoms. The van der Waals surface area contributed by atoms with Gasteiger partial charge in [0.15, 0.2) is 0 Å². The quantitative estimate of drug-likeness (QED) is 0.386. The van der Waals surface area contributed by atoms with Crippen LogP contribution in [0.25, 0.3) is 0 Å². The molecule has 2 rings (SSSR count). The minimum atomic E-state index is 0.607. The minimum Gasteiger partial charge on any atom is -0.165 e. The number of hydrogen-bond acceptors (Lipinski definition) is 4. The molecule has 0 atom stereocenters. The fourth-order valence-corrected chi connectivity index (χ4v) is 9.54. The fourth-order valence-electron chi connectivity index (χ4n) is 3.90. The average Bonchev–Trinajstić information content (AvgIpc) is 2.58. The standard InChI is InChI=1S/C18H34S4/c1-19-15-13-17(9-5-3-6-10-17)21-22-18(14-16-20-2)11-7-4-8-12-18/h3-16H2,1-2H3. The first-order chi connectivity index (χ1) is 10.7. The van der Waals surface area contributed by atoms with E-state index in [1.807, 2.05) is 23.5 Å². The fraction of sp³-hybridized carbons (Fsp3) is 1.00. The van der Waals surface area contributed by atoms with Gasteiger partial charge in [0, 0.05) is 9.49 Å². The monoisotopic (exact) mass is 378 g/mol. The van der Waals surface area contributed by atoms with E-state index in [1.165, 1.54) is 88.6 Å². The topological polar surface area (TPSA) is 0 Å². The molecule has 0 radical (unpaired) electrons. The molecule has 0 aliphatic heterocycles. The lowest BCUT2D eigenvalue weighted by Gasteiger charge is -2.42. The van der Waals surface area contributed by atoms with Gasteiger partial charge in [0.2, 0.25) is 0 Å². The molecule has 2 saturated carbocycles. The highest BCUT2D eigenvalue weighted by atomic mass is 33.1. The van der Waals surface area contributed by atoms with Gasteiger partial charge in [0.25, 0.3) is 0 Å². The van der Waals surface area contributed by atoms with Gasteiger partial charge in [-0.1, -0.05) is 60.1 Å². The Bertz CT molecular complexity index is 263. The Morgan fingerprint density at radius 3 is 1.27 bits per heavy atom. The van der Waals surface area contributed by atoms with Gasteiger partial charge in [-0.15, -0.1) is 0 Å². The molecular formula is C18H34S4. The van der Waals surface area contributed by atoms with E-state index in [0.29, 0.717) is 9.49 Å². The van der Waals surface area contributed by atoms with Crippen LogP contribution in [0.2, 0.25) is 0 Å². The third kappa shape index (κ3) is 6.04. The second-order valence-corrected chi connectivity index (χ2v) is 12.2. The van der Waals surface area contributed by atoms with Crippen LogP contribution in [0.15, 0.2) is 0 Å². The third-order valence-electron chi connectivity index (χ3n) is 5.45. The Balaban J connectivity index is 1.94. The maximum absolute atomic E-state index is 2.33. The molecule has 2 fully saturated rings. The highest BCUT2D eigenvalue weighted by Gasteiger charge is 2.38. The molecule has 2 aliphatic rings. The summed E-state index contributed by atoms with van der Waals surface area (Å²) in [6.45, 7) is 0. The van der Waals surface area contributed by atoms with E-state index in [-0.39, 0.29) is 0 Å². The summed E-state index contributed by atoms with van der Waals surface area (Å²) in [5.74, 6) is 2.71. The first-order valence-electron chi connectivity index (χ1n) is 9.09. The van der Waals surface area contributed by atoms with Gasteiger partial charge >= 0.3 is 0 Å².